The monoisotopic (exact) mass is 227 g/mol. The van der Waals surface area contributed by atoms with E-state index in [1.807, 2.05) is 6.07 Å². The minimum absolute atomic E-state index is 0.521. The Morgan fingerprint density at radius 1 is 1.24 bits per heavy atom. The lowest BCUT2D eigenvalue weighted by Gasteiger charge is -2.00. The molecular formula is C13H13N3O. The van der Waals surface area contributed by atoms with Crippen molar-refractivity contribution in [1.82, 2.24) is 10.2 Å². The van der Waals surface area contributed by atoms with E-state index in [4.69, 9.17) is 4.42 Å². The summed E-state index contributed by atoms with van der Waals surface area (Å²) >= 11 is 0. The van der Waals surface area contributed by atoms with Gasteiger partial charge in [0.2, 0.25) is 11.8 Å². The van der Waals surface area contributed by atoms with Crippen molar-refractivity contribution in [1.29, 1.82) is 0 Å². The van der Waals surface area contributed by atoms with Crippen LogP contribution in [0.4, 0.5) is 5.69 Å². The molecule has 0 radical (unpaired) electrons. The molecule has 2 aliphatic rings. The van der Waals surface area contributed by atoms with Crippen LogP contribution in [0.1, 0.15) is 30.2 Å². The summed E-state index contributed by atoms with van der Waals surface area (Å²) in [5.41, 5.74) is 3.61. The summed E-state index contributed by atoms with van der Waals surface area (Å²) in [5, 5.41) is 11.6. The van der Waals surface area contributed by atoms with E-state index < -0.39 is 0 Å². The fourth-order valence-electron chi connectivity index (χ4n) is 2.28. The molecule has 1 aliphatic heterocycles. The van der Waals surface area contributed by atoms with Crippen LogP contribution < -0.4 is 5.32 Å². The van der Waals surface area contributed by atoms with E-state index in [1.54, 1.807) is 0 Å². The highest BCUT2D eigenvalue weighted by atomic mass is 16.4. The number of anilines is 1. The van der Waals surface area contributed by atoms with Crippen LogP contribution in [-0.4, -0.2) is 16.7 Å². The smallest absolute Gasteiger partial charge is 0.247 e. The largest absolute Gasteiger partial charge is 0.420 e. The minimum atomic E-state index is 0.521. The topological polar surface area (TPSA) is 51.0 Å². The number of benzene rings is 1. The van der Waals surface area contributed by atoms with Crippen LogP contribution in [0.2, 0.25) is 0 Å². The van der Waals surface area contributed by atoms with E-state index in [1.165, 1.54) is 24.1 Å². The first-order valence-corrected chi connectivity index (χ1v) is 6.11. The zero-order valence-electron chi connectivity index (χ0n) is 9.44. The Labute approximate surface area is 99.1 Å². The van der Waals surface area contributed by atoms with Crippen LogP contribution in [0.25, 0.3) is 11.5 Å². The van der Waals surface area contributed by atoms with Gasteiger partial charge >= 0.3 is 0 Å². The third kappa shape index (κ3) is 1.52. The molecular weight excluding hydrogens is 214 g/mol. The van der Waals surface area contributed by atoms with E-state index in [0.29, 0.717) is 11.8 Å². The molecule has 0 saturated heterocycles. The number of nitrogens with one attached hydrogen (secondary N) is 1. The lowest BCUT2D eigenvalue weighted by molar-refractivity contribution is 0.508. The van der Waals surface area contributed by atoms with Crippen molar-refractivity contribution < 1.29 is 4.42 Å². The van der Waals surface area contributed by atoms with E-state index in [-0.39, 0.29) is 0 Å². The van der Waals surface area contributed by atoms with E-state index in [2.05, 4.69) is 27.6 Å². The summed E-state index contributed by atoms with van der Waals surface area (Å²) in [4.78, 5) is 0. The van der Waals surface area contributed by atoms with Gasteiger partial charge in [-0.05, 0) is 43.0 Å². The van der Waals surface area contributed by atoms with Crippen molar-refractivity contribution in [2.24, 2.45) is 0 Å². The Bertz CT molecular complexity index is 572. The fraction of sp³-hybridized carbons (Fsp3) is 0.385. The number of rotatable bonds is 2. The van der Waals surface area contributed by atoms with Gasteiger partial charge in [0.1, 0.15) is 0 Å². The molecule has 0 spiro atoms. The number of aromatic nitrogens is 2. The summed E-state index contributed by atoms with van der Waals surface area (Å²) in [6.07, 6.45) is 3.46. The average molecular weight is 227 g/mol. The van der Waals surface area contributed by atoms with Gasteiger partial charge in [-0.1, -0.05) is 0 Å². The first-order valence-electron chi connectivity index (χ1n) is 6.11. The van der Waals surface area contributed by atoms with Crippen molar-refractivity contribution in [3.05, 3.63) is 29.7 Å². The van der Waals surface area contributed by atoms with Crippen LogP contribution in [0.3, 0.4) is 0 Å². The average Bonchev–Trinajstić information content (AvgIpc) is 2.93. The second-order valence-electron chi connectivity index (χ2n) is 4.77. The van der Waals surface area contributed by atoms with Crippen LogP contribution in [-0.2, 0) is 6.42 Å². The number of fused-ring (bicyclic) bond motifs is 1. The maximum atomic E-state index is 5.71. The predicted octanol–water partition coefficient (Wildman–Crippen LogP) is 2.58. The molecule has 1 aromatic heterocycles. The van der Waals surface area contributed by atoms with E-state index in [9.17, 15) is 0 Å². The lowest BCUT2D eigenvalue weighted by Crippen LogP contribution is -1.90. The molecule has 0 unspecified atom stereocenters. The third-order valence-electron chi connectivity index (χ3n) is 3.43. The molecule has 2 heterocycles. The van der Waals surface area contributed by atoms with Crippen LogP contribution >= 0.6 is 0 Å². The minimum Gasteiger partial charge on any atom is -0.420 e. The predicted molar refractivity (Wildman–Crippen MR) is 63.9 cm³/mol. The van der Waals surface area contributed by atoms with Crippen molar-refractivity contribution in [3.63, 3.8) is 0 Å². The molecule has 86 valence electrons. The van der Waals surface area contributed by atoms with Gasteiger partial charge in [-0.2, -0.15) is 0 Å². The third-order valence-corrected chi connectivity index (χ3v) is 3.43. The standard InChI is InChI=1S/C13H13N3O/c1-2-8(1)12-15-16-13(17-12)10-3-4-11-9(7-10)5-6-14-11/h3-4,7-8,14H,1-2,5-6H2. The summed E-state index contributed by atoms with van der Waals surface area (Å²) in [6, 6.07) is 6.29. The Balaban J connectivity index is 1.72. The molecule has 2 aromatic rings. The fourth-order valence-corrected chi connectivity index (χ4v) is 2.28. The van der Waals surface area contributed by atoms with Gasteiger partial charge in [0.25, 0.3) is 0 Å². The second kappa shape index (κ2) is 3.32. The first kappa shape index (κ1) is 9.22. The summed E-state index contributed by atoms with van der Waals surface area (Å²) in [6.45, 7) is 1.02. The number of nitrogens with zero attached hydrogens (tertiary/aromatic N) is 2. The molecule has 1 aliphatic carbocycles. The number of hydrogen-bond acceptors (Lipinski definition) is 4. The highest BCUT2D eigenvalue weighted by molar-refractivity contribution is 5.64. The highest BCUT2D eigenvalue weighted by Crippen LogP contribution is 2.40. The van der Waals surface area contributed by atoms with Gasteiger partial charge in [0.15, 0.2) is 0 Å². The van der Waals surface area contributed by atoms with Gasteiger partial charge in [-0.25, -0.2) is 0 Å². The van der Waals surface area contributed by atoms with Crippen LogP contribution in [0, 0.1) is 0 Å². The van der Waals surface area contributed by atoms with Gasteiger partial charge in [0, 0.05) is 23.7 Å². The molecule has 0 amide bonds. The molecule has 4 rings (SSSR count). The molecule has 1 fully saturated rings. The molecule has 4 heteroatoms. The van der Waals surface area contributed by atoms with Gasteiger partial charge < -0.3 is 9.73 Å². The van der Waals surface area contributed by atoms with Crippen molar-refractivity contribution >= 4 is 5.69 Å². The Kier molecular flexibility index (Phi) is 1.80. The highest BCUT2D eigenvalue weighted by Gasteiger charge is 2.29. The molecule has 4 nitrogen and oxygen atoms in total. The zero-order valence-corrected chi connectivity index (χ0v) is 9.44. The zero-order chi connectivity index (χ0) is 11.2. The Morgan fingerprint density at radius 2 is 2.18 bits per heavy atom. The van der Waals surface area contributed by atoms with Gasteiger partial charge in [-0.3, -0.25) is 0 Å². The van der Waals surface area contributed by atoms with Crippen molar-refractivity contribution in [2.75, 3.05) is 11.9 Å². The lowest BCUT2D eigenvalue weighted by atomic mass is 10.1. The molecule has 1 aromatic carbocycles. The van der Waals surface area contributed by atoms with Gasteiger partial charge in [-0.15, -0.1) is 10.2 Å². The number of hydrogen-bond donors (Lipinski definition) is 1. The molecule has 1 N–H and O–H groups in total. The Morgan fingerprint density at radius 3 is 3.06 bits per heavy atom. The second-order valence-corrected chi connectivity index (χ2v) is 4.77. The molecule has 0 bridgehead atoms. The maximum absolute atomic E-state index is 5.71. The van der Waals surface area contributed by atoms with E-state index in [0.717, 1.165) is 24.4 Å². The van der Waals surface area contributed by atoms with E-state index >= 15 is 0 Å². The SMILES string of the molecule is c1cc2c(cc1-c1nnc(C3CC3)o1)CCN2. The van der Waals surface area contributed by atoms with Gasteiger partial charge in [0.05, 0.1) is 0 Å². The first-order chi connectivity index (χ1) is 8.40. The summed E-state index contributed by atoms with van der Waals surface area (Å²) in [5.74, 6) is 1.98. The quantitative estimate of drug-likeness (QED) is 0.856. The Hall–Kier alpha value is -1.84. The van der Waals surface area contributed by atoms with Crippen LogP contribution in [0.5, 0.6) is 0 Å². The summed E-state index contributed by atoms with van der Waals surface area (Å²) in [7, 11) is 0. The molecule has 1 saturated carbocycles. The summed E-state index contributed by atoms with van der Waals surface area (Å²) < 4.78 is 5.71. The van der Waals surface area contributed by atoms with Crippen molar-refractivity contribution in [3.8, 4) is 11.5 Å². The maximum Gasteiger partial charge on any atom is 0.247 e. The normalized spacial score (nSPS) is 17.9. The molecule has 17 heavy (non-hydrogen) atoms. The van der Waals surface area contributed by atoms with Crippen molar-refractivity contribution in [2.45, 2.75) is 25.2 Å². The molecule has 0 atom stereocenters. The van der Waals surface area contributed by atoms with Crippen LogP contribution in [0.15, 0.2) is 22.6 Å².